The van der Waals surface area contributed by atoms with Crippen LogP contribution in [0.25, 0.3) is 0 Å². The van der Waals surface area contributed by atoms with E-state index in [1.165, 1.54) is 56.9 Å². The van der Waals surface area contributed by atoms with E-state index >= 15 is 0 Å². The molecule has 128 valence electrons. The molecule has 0 spiro atoms. The highest BCUT2D eigenvalue weighted by molar-refractivity contribution is 5.46. The molecule has 1 aromatic carbocycles. The summed E-state index contributed by atoms with van der Waals surface area (Å²) in [5.41, 5.74) is 1.43. The van der Waals surface area contributed by atoms with E-state index in [1.54, 1.807) is 0 Å². The van der Waals surface area contributed by atoms with Crippen LogP contribution in [0.15, 0.2) is 30.3 Å². The molecule has 2 saturated carbocycles. The molecule has 2 aliphatic rings. The predicted molar refractivity (Wildman–Crippen MR) is 94.2 cm³/mol. The summed E-state index contributed by atoms with van der Waals surface area (Å²) < 4.78 is 0. The summed E-state index contributed by atoms with van der Waals surface area (Å²) in [4.78, 5) is 10.2. The summed E-state index contributed by atoms with van der Waals surface area (Å²) in [5.74, 6) is 0.834. The topological polar surface area (TPSA) is 49.3 Å². The van der Waals surface area contributed by atoms with Gasteiger partial charge in [0.05, 0.1) is 6.10 Å². The van der Waals surface area contributed by atoms with Gasteiger partial charge in [0.1, 0.15) is 0 Å². The number of hydrogen-bond acceptors (Lipinski definition) is 2. The molecule has 0 aromatic heterocycles. The Morgan fingerprint density at radius 3 is 2.35 bits per heavy atom. The molecular weight excluding hydrogens is 286 g/mol. The molecule has 23 heavy (non-hydrogen) atoms. The Morgan fingerprint density at radius 2 is 1.78 bits per heavy atom. The van der Waals surface area contributed by atoms with Gasteiger partial charge in [-0.05, 0) is 56.4 Å². The van der Waals surface area contributed by atoms with Gasteiger partial charge in [0.15, 0.2) is 0 Å². The van der Waals surface area contributed by atoms with Gasteiger partial charge in [-0.1, -0.05) is 49.6 Å². The standard InChI is InChI=1S/C14H19NO.C6H12O/c16-11-15-14-9-13(10-14)8-4-7-12-5-2-1-3-6-12;7-6-4-2-1-3-5-6/h1-3,5-6,11,13-14H,4,7-10H2,(H,15,16);6-7H,1-5H2. The summed E-state index contributed by atoms with van der Waals surface area (Å²) >= 11 is 0. The smallest absolute Gasteiger partial charge is 0.207 e. The van der Waals surface area contributed by atoms with Crippen molar-refractivity contribution in [3.63, 3.8) is 0 Å². The number of aryl methyl sites for hydroxylation is 1. The van der Waals surface area contributed by atoms with Crippen LogP contribution in [0.5, 0.6) is 0 Å². The number of rotatable bonds is 6. The molecule has 2 fully saturated rings. The fourth-order valence-corrected chi connectivity index (χ4v) is 3.52. The highest BCUT2D eigenvalue weighted by Crippen LogP contribution is 2.31. The molecule has 0 heterocycles. The van der Waals surface area contributed by atoms with Gasteiger partial charge < -0.3 is 10.4 Å². The minimum atomic E-state index is 0.0359. The van der Waals surface area contributed by atoms with Crippen LogP contribution in [0.4, 0.5) is 0 Å². The fraction of sp³-hybridized carbons (Fsp3) is 0.650. The third kappa shape index (κ3) is 7.17. The lowest BCUT2D eigenvalue weighted by atomic mass is 9.77. The van der Waals surface area contributed by atoms with E-state index in [-0.39, 0.29) is 6.10 Å². The van der Waals surface area contributed by atoms with Crippen molar-refractivity contribution in [1.82, 2.24) is 5.32 Å². The number of carbonyl (C=O) groups excluding carboxylic acids is 1. The van der Waals surface area contributed by atoms with Crippen molar-refractivity contribution >= 4 is 6.41 Å². The zero-order valence-corrected chi connectivity index (χ0v) is 14.1. The molecule has 0 radical (unpaired) electrons. The van der Waals surface area contributed by atoms with Gasteiger partial charge in [-0.15, -0.1) is 0 Å². The van der Waals surface area contributed by atoms with Gasteiger partial charge in [0.25, 0.3) is 0 Å². The van der Waals surface area contributed by atoms with E-state index < -0.39 is 0 Å². The van der Waals surface area contributed by atoms with E-state index in [4.69, 9.17) is 5.11 Å². The van der Waals surface area contributed by atoms with Gasteiger partial charge >= 0.3 is 0 Å². The quantitative estimate of drug-likeness (QED) is 0.783. The van der Waals surface area contributed by atoms with Crippen LogP contribution in [0.1, 0.15) is 63.4 Å². The molecular formula is C20H31NO2. The number of nitrogens with one attached hydrogen (secondary N) is 1. The van der Waals surface area contributed by atoms with Crippen LogP contribution in [0, 0.1) is 5.92 Å². The first-order valence-electron chi connectivity index (χ1n) is 9.19. The fourth-order valence-electron chi connectivity index (χ4n) is 3.52. The summed E-state index contributed by atoms with van der Waals surface area (Å²) in [5, 5.41) is 11.7. The third-order valence-electron chi connectivity index (χ3n) is 5.03. The molecule has 0 atom stereocenters. The van der Waals surface area contributed by atoms with Crippen molar-refractivity contribution in [1.29, 1.82) is 0 Å². The zero-order valence-electron chi connectivity index (χ0n) is 14.1. The molecule has 3 heteroatoms. The Morgan fingerprint density at radius 1 is 1.09 bits per heavy atom. The van der Waals surface area contributed by atoms with Crippen molar-refractivity contribution in [2.75, 3.05) is 0 Å². The summed E-state index contributed by atoms with van der Waals surface area (Å²) in [6, 6.07) is 11.1. The van der Waals surface area contributed by atoms with Crippen LogP contribution >= 0.6 is 0 Å². The van der Waals surface area contributed by atoms with E-state index in [0.717, 1.165) is 25.2 Å². The van der Waals surface area contributed by atoms with Crippen LogP contribution in [0.3, 0.4) is 0 Å². The SMILES string of the molecule is O=CNC1CC(CCCc2ccccc2)C1.OC1CCCCC1. The van der Waals surface area contributed by atoms with Crippen molar-refractivity contribution in [3.8, 4) is 0 Å². The summed E-state index contributed by atoms with van der Waals surface area (Å²) in [6.45, 7) is 0. The maximum Gasteiger partial charge on any atom is 0.207 e. The highest BCUT2D eigenvalue weighted by Gasteiger charge is 2.27. The second-order valence-corrected chi connectivity index (χ2v) is 6.99. The van der Waals surface area contributed by atoms with Gasteiger partial charge in [-0.3, -0.25) is 4.79 Å². The molecule has 0 unspecified atom stereocenters. The number of aliphatic hydroxyl groups excluding tert-OH is 1. The van der Waals surface area contributed by atoms with Crippen LogP contribution in [-0.2, 0) is 11.2 Å². The maximum absolute atomic E-state index is 10.2. The van der Waals surface area contributed by atoms with Crippen LogP contribution in [-0.4, -0.2) is 23.7 Å². The minimum Gasteiger partial charge on any atom is -0.393 e. The van der Waals surface area contributed by atoms with Crippen molar-refractivity contribution in [2.24, 2.45) is 5.92 Å². The third-order valence-corrected chi connectivity index (χ3v) is 5.03. The first-order chi connectivity index (χ1) is 11.3. The number of hydrogen-bond donors (Lipinski definition) is 2. The second-order valence-electron chi connectivity index (χ2n) is 6.99. The molecule has 3 nitrogen and oxygen atoms in total. The zero-order chi connectivity index (χ0) is 16.3. The second kappa shape index (κ2) is 10.4. The Balaban J connectivity index is 0.000000229. The van der Waals surface area contributed by atoms with E-state index in [9.17, 15) is 4.79 Å². The molecule has 3 rings (SSSR count). The van der Waals surface area contributed by atoms with Crippen LogP contribution in [0.2, 0.25) is 0 Å². The predicted octanol–water partition coefficient (Wildman–Crippen LogP) is 3.85. The largest absolute Gasteiger partial charge is 0.393 e. The van der Waals surface area contributed by atoms with Gasteiger partial charge in [-0.25, -0.2) is 0 Å². The van der Waals surface area contributed by atoms with Gasteiger partial charge in [-0.2, -0.15) is 0 Å². The van der Waals surface area contributed by atoms with Crippen molar-refractivity contribution in [3.05, 3.63) is 35.9 Å². The normalized spacial score (nSPS) is 24.0. The number of benzene rings is 1. The Bertz CT molecular complexity index is 423. The lowest BCUT2D eigenvalue weighted by Crippen LogP contribution is -2.40. The van der Waals surface area contributed by atoms with E-state index in [2.05, 4.69) is 35.6 Å². The maximum atomic E-state index is 10.2. The van der Waals surface area contributed by atoms with Crippen LogP contribution < -0.4 is 5.32 Å². The number of amides is 1. The van der Waals surface area contributed by atoms with E-state index in [0.29, 0.717) is 6.04 Å². The molecule has 2 N–H and O–H groups in total. The van der Waals surface area contributed by atoms with Gasteiger partial charge in [0.2, 0.25) is 6.41 Å². The summed E-state index contributed by atoms with van der Waals surface area (Å²) in [7, 11) is 0. The average Bonchev–Trinajstić information content (AvgIpc) is 2.55. The average molecular weight is 317 g/mol. The van der Waals surface area contributed by atoms with Crippen molar-refractivity contribution < 1.29 is 9.90 Å². The molecule has 1 amide bonds. The lowest BCUT2D eigenvalue weighted by Gasteiger charge is -2.34. The molecule has 0 bridgehead atoms. The van der Waals surface area contributed by atoms with Gasteiger partial charge in [0, 0.05) is 6.04 Å². The first-order valence-corrected chi connectivity index (χ1v) is 9.19. The van der Waals surface area contributed by atoms with Crippen molar-refractivity contribution in [2.45, 2.75) is 76.4 Å². The Kier molecular flexibility index (Phi) is 8.16. The Labute approximate surface area is 140 Å². The minimum absolute atomic E-state index is 0.0359. The number of aliphatic hydroxyl groups is 1. The number of carbonyl (C=O) groups is 1. The molecule has 1 aromatic rings. The summed E-state index contributed by atoms with van der Waals surface area (Å²) in [6.07, 6.45) is 12.8. The molecule has 0 saturated heterocycles. The highest BCUT2D eigenvalue weighted by atomic mass is 16.3. The monoisotopic (exact) mass is 317 g/mol. The lowest BCUT2D eigenvalue weighted by molar-refractivity contribution is -0.110. The first kappa shape index (κ1) is 18.0. The Hall–Kier alpha value is -1.35. The molecule has 2 aliphatic carbocycles. The molecule has 0 aliphatic heterocycles. The van der Waals surface area contributed by atoms with E-state index in [1.807, 2.05) is 0 Å².